The Morgan fingerprint density at radius 2 is 1.60 bits per heavy atom. The second-order valence-corrected chi connectivity index (χ2v) is 3.68. The number of hydrogen-bond acceptors (Lipinski definition) is 2. The summed E-state index contributed by atoms with van der Waals surface area (Å²) in [6.45, 7) is 1.96. The average Bonchev–Trinajstić information content (AvgIpc) is 2.17. The normalized spacial score (nSPS) is 10.2. The maximum atomic E-state index is 9.49. The highest BCUT2D eigenvalue weighted by Gasteiger charge is 2.00. The summed E-state index contributed by atoms with van der Waals surface area (Å²) in [5, 5.41) is 9.49. The first-order valence-corrected chi connectivity index (χ1v) is 4.82. The number of nitrogens with two attached hydrogens (primary N) is 1. The third kappa shape index (κ3) is 2.10. The van der Waals surface area contributed by atoms with Gasteiger partial charge in [-0.3, -0.25) is 0 Å². The van der Waals surface area contributed by atoms with Crippen molar-refractivity contribution in [2.24, 2.45) is 0 Å². The Morgan fingerprint density at radius 3 is 2.20 bits per heavy atom. The van der Waals surface area contributed by atoms with Gasteiger partial charge in [0.1, 0.15) is 5.75 Å². The number of nitrogen functional groups attached to an aromatic ring is 1. The van der Waals surface area contributed by atoms with E-state index in [0.29, 0.717) is 5.75 Å². The summed E-state index contributed by atoms with van der Waals surface area (Å²) < 4.78 is 0. The van der Waals surface area contributed by atoms with Crippen molar-refractivity contribution in [2.75, 3.05) is 5.73 Å². The predicted molar refractivity (Wildman–Crippen MR) is 62.7 cm³/mol. The summed E-state index contributed by atoms with van der Waals surface area (Å²) in [5.74, 6) is 0.293. The van der Waals surface area contributed by atoms with Crippen molar-refractivity contribution in [2.45, 2.75) is 6.92 Å². The second-order valence-electron chi connectivity index (χ2n) is 3.68. The Balaban J connectivity index is 2.49. The van der Waals surface area contributed by atoms with E-state index in [1.807, 2.05) is 37.3 Å². The molecule has 0 atom stereocenters. The van der Waals surface area contributed by atoms with E-state index in [0.717, 1.165) is 22.4 Å². The van der Waals surface area contributed by atoms with E-state index < -0.39 is 0 Å². The molecule has 0 amide bonds. The lowest BCUT2D eigenvalue weighted by Crippen LogP contribution is -1.84. The summed E-state index contributed by atoms with van der Waals surface area (Å²) in [6.07, 6.45) is 0. The molecule has 0 unspecified atom stereocenters. The van der Waals surface area contributed by atoms with Gasteiger partial charge in [-0.1, -0.05) is 18.2 Å². The van der Waals surface area contributed by atoms with Crippen LogP contribution < -0.4 is 5.73 Å². The van der Waals surface area contributed by atoms with Crippen LogP contribution in [0.3, 0.4) is 0 Å². The molecule has 2 aromatic rings. The molecule has 0 saturated heterocycles. The minimum absolute atomic E-state index is 0.293. The Kier molecular flexibility index (Phi) is 2.34. The van der Waals surface area contributed by atoms with Crippen LogP contribution in [0.1, 0.15) is 5.56 Å². The first kappa shape index (κ1) is 9.59. The van der Waals surface area contributed by atoms with E-state index in [9.17, 15) is 5.11 Å². The Labute approximate surface area is 89.0 Å². The average molecular weight is 199 g/mol. The molecule has 15 heavy (non-hydrogen) atoms. The number of phenolic OH excluding ortho intramolecular Hbond substituents is 1. The van der Waals surface area contributed by atoms with Gasteiger partial charge >= 0.3 is 0 Å². The first-order valence-electron chi connectivity index (χ1n) is 4.82. The van der Waals surface area contributed by atoms with Gasteiger partial charge < -0.3 is 10.8 Å². The fourth-order valence-corrected chi connectivity index (χ4v) is 1.61. The van der Waals surface area contributed by atoms with Gasteiger partial charge in [0, 0.05) is 5.69 Å². The molecule has 0 fully saturated rings. The molecular formula is C13H13NO. The summed E-state index contributed by atoms with van der Waals surface area (Å²) in [4.78, 5) is 0. The second kappa shape index (κ2) is 3.65. The minimum Gasteiger partial charge on any atom is -0.508 e. The van der Waals surface area contributed by atoms with Crippen molar-refractivity contribution in [3.8, 4) is 16.9 Å². The number of hydrogen-bond donors (Lipinski definition) is 2. The van der Waals surface area contributed by atoms with Crippen LogP contribution in [0.5, 0.6) is 5.75 Å². The van der Waals surface area contributed by atoms with Crippen molar-refractivity contribution >= 4 is 5.69 Å². The van der Waals surface area contributed by atoms with Crippen molar-refractivity contribution < 1.29 is 5.11 Å². The molecule has 0 aromatic heterocycles. The van der Waals surface area contributed by atoms with Crippen LogP contribution in [0.25, 0.3) is 11.1 Å². The predicted octanol–water partition coefficient (Wildman–Crippen LogP) is 2.95. The standard InChI is InChI=1S/C13H13NO/c1-9-6-11(8-13(15)7-9)10-2-4-12(14)5-3-10/h2-8,15H,14H2,1H3. The molecule has 2 rings (SSSR count). The molecule has 2 heteroatoms. The van der Waals surface area contributed by atoms with Crippen LogP contribution in [-0.4, -0.2) is 5.11 Å². The van der Waals surface area contributed by atoms with Crippen LogP contribution in [0, 0.1) is 6.92 Å². The SMILES string of the molecule is Cc1cc(O)cc(-c2ccc(N)cc2)c1. The molecular weight excluding hydrogens is 186 g/mol. The summed E-state index contributed by atoms with van der Waals surface area (Å²) in [5.41, 5.74) is 9.47. The maximum absolute atomic E-state index is 9.49. The minimum atomic E-state index is 0.293. The fraction of sp³-hybridized carbons (Fsp3) is 0.0769. The lowest BCUT2D eigenvalue weighted by atomic mass is 10.0. The van der Waals surface area contributed by atoms with Crippen molar-refractivity contribution in [3.63, 3.8) is 0 Å². The highest BCUT2D eigenvalue weighted by molar-refractivity contribution is 5.67. The van der Waals surface area contributed by atoms with Crippen LogP contribution in [-0.2, 0) is 0 Å². The van der Waals surface area contributed by atoms with E-state index in [1.165, 1.54) is 0 Å². The van der Waals surface area contributed by atoms with Crippen LogP contribution in [0.15, 0.2) is 42.5 Å². The molecule has 0 radical (unpaired) electrons. The monoisotopic (exact) mass is 199 g/mol. The van der Waals surface area contributed by atoms with Crippen molar-refractivity contribution in [1.82, 2.24) is 0 Å². The van der Waals surface area contributed by atoms with Gasteiger partial charge in [0.05, 0.1) is 0 Å². The van der Waals surface area contributed by atoms with Crippen molar-refractivity contribution in [1.29, 1.82) is 0 Å². The molecule has 0 aliphatic heterocycles. The van der Waals surface area contributed by atoms with E-state index in [2.05, 4.69) is 0 Å². The molecule has 76 valence electrons. The molecule has 0 aliphatic rings. The third-order valence-electron chi connectivity index (χ3n) is 2.31. The molecule has 3 N–H and O–H groups in total. The Morgan fingerprint density at radius 1 is 0.933 bits per heavy atom. The van der Waals surface area contributed by atoms with Crippen LogP contribution in [0.4, 0.5) is 5.69 Å². The quantitative estimate of drug-likeness (QED) is 0.693. The molecule has 0 heterocycles. The summed E-state index contributed by atoms with van der Waals surface area (Å²) >= 11 is 0. The maximum Gasteiger partial charge on any atom is 0.116 e. The highest BCUT2D eigenvalue weighted by Crippen LogP contribution is 2.25. The molecule has 0 saturated carbocycles. The number of phenols is 1. The fourth-order valence-electron chi connectivity index (χ4n) is 1.61. The highest BCUT2D eigenvalue weighted by atomic mass is 16.3. The topological polar surface area (TPSA) is 46.2 Å². The Bertz CT molecular complexity index is 454. The van der Waals surface area contributed by atoms with Crippen molar-refractivity contribution in [3.05, 3.63) is 48.0 Å². The van der Waals surface area contributed by atoms with Gasteiger partial charge in [-0.2, -0.15) is 0 Å². The van der Waals surface area contributed by atoms with Crippen LogP contribution >= 0.6 is 0 Å². The van der Waals surface area contributed by atoms with Gasteiger partial charge in [-0.25, -0.2) is 0 Å². The third-order valence-corrected chi connectivity index (χ3v) is 2.31. The number of aryl methyl sites for hydroxylation is 1. The zero-order valence-electron chi connectivity index (χ0n) is 8.57. The van der Waals surface area contributed by atoms with Gasteiger partial charge in [0.2, 0.25) is 0 Å². The summed E-state index contributed by atoms with van der Waals surface area (Å²) in [7, 11) is 0. The largest absolute Gasteiger partial charge is 0.508 e. The molecule has 0 bridgehead atoms. The first-order chi connectivity index (χ1) is 7.15. The van der Waals surface area contributed by atoms with Gasteiger partial charge in [-0.15, -0.1) is 0 Å². The van der Waals surface area contributed by atoms with Gasteiger partial charge in [0.15, 0.2) is 0 Å². The lowest BCUT2D eigenvalue weighted by Gasteiger charge is -2.04. The molecule has 0 spiro atoms. The smallest absolute Gasteiger partial charge is 0.116 e. The zero-order valence-corrected chi connectivity index (χ0v) is 8.57. The van der Waals surface area contributed by atoms with E-state index in [1.54, 1.807) is 12.1 Å². The number of benzene rings is 2. The Hall–Kier alpha value is -1.96. The van der Waals surface area contributed by atoms with Gasteiger partial charge in [-0.05, 0) is 47.9 Å². The zero-order chi connectivity index (χ0) is 10.8. The lowest BCUT2D eigenvalue weighted by molar-refractivity contribution is 0.475. The molecule has 2 aromatic carbocycles. The molecule has 2 nitrogen and oxygen atoms in total. The van der Waals surface area contributed by atoms with E-state index in [-0.39, 0.29) is 0 Å². The molecule has 0 aliphatic carbocycles. The van der Waals surface area contributed by atoms with Gasteiger partial charge in [0.25, 0.3) is 0 Å². The van der Waals surface area contributed by atoms with E-state index >= 15 is 0 Å². The van der Waals surface area contributed by atoms with Crippen LogP contribution in [0.2, 0.25) is 0 Å². The number of aromatic hydroxyl groups is 1. The van der Waals surface area contributed by atoms with E-state index in [4.69, 9.17) is 5.73 Å². The summed E-state index contributed by atoms with van der Waals surface area (Å²) in [6, 6.07) is 13.1. The number of rotatable bonds is 1. The number of anilines is 1.